The van der Waals surface area contributed by atoms with Gasteiger partial charge in [-0.1, -0.05) is 24.3 Å². The van der Waals surface area contributed by atoms with Crippen molar-refractivity contribution in [3.8, 4) is 0 Å². The number of carbonyl (C=O) groups excluding carboxylic acids is 2. The second-order valence-corrected chi connectivity index (χ2v) is 4.73. The van der Waals surface area contributed by atoms with Crippen LogP contribution in [0.2, 0.25) is 0 Å². The Hall–Kier alpha value is -2.83. The molecule has 0 saturated heterocycles. The van der Waals surface area contributed by atoms with Crippen molar-refractivity contribution in [3.05, 3.63) is 60.2 Å². The maximum Gasteiger partial charge on any atom is 0.416 e. The number of hydrogen-bond donors (Lipinski definition) is 1. The summed E-state index contributed by atoms with van der Waals surface area (Å²) in [4.78, 5) is 25.0. The topological polar surface area (TPSA) is 49.4 Å². The van der Waals surface area contributed by atoms with Gasteiger partial charge >= 0.3 is 18.0 Å². The zero-order chi connectivity index (χ0) is 17.0. The second kappa shape index (κ2) is 6.51. The molecule has 0 heterocycles. The van der Waals surface area contributed by atoms with Crippen molar-refractivity contribution in [1.82, 2.24) is 0 Å². The number of para-hydroxylation sites is 1. The summed E-state index contributed by atoms with van der Waals surface area (Å²) in [6.07, 6.45) is -4.52. The van der Waals surface area contributed by atoms with E-state index in [9.17, 15) is 22.8 Å². The number of carbonyl (C=O) groups is 2. The molecule has 7 heteroatoms. The van der Waals surface area contributed by atoms with Gasteiger partial charge in [-0.3, -0.25) is 9.59 Å². The Morgan fingerprint density at radius 3 is 2.26 bits per heavy atom. The molecular weight excluding hydrogens is 309 g/mol. The van der Waals surface area contributed by atoms with Crippen molar-refractivity contribution in [2.45, 2.75) is 6.18 Å². The van der Waals surface area contributed by atoms with E-state index in [4.69, 9.17) is 0 Å². The maximum atomic E-state index is 12.6. The van der Waals surface area contributed by atoms with Crippen LogP contribution in [0.4, 0.5) is 24.5 Å². The highest BCUT2D eigenvalue weighted by Gasteiger charge is 2.30. The molecule has 0 aromatic heterocycles. The van der Waals surface area contributed by atoms with E-state index < -0.39 is 23.6 Å². The lowest BCUT2D eigenvalue weighted by Gasteiger charge is -2.17. The van der Waals surface area contributed by atoms with Crippen LogP contribution in [-0.2, 0) is 15.8 Å². The highest BCUT2D eigenvalue weighted by Crippen LogP contribution is 2.30. The Labute approximate surface area is 130 Å². The fourth-order valence-corrected chi connectivity index (χ4v) is 1.88. The molecule has 2 aromatic carbocycles. The molecule has 2 aromatic rings. The van der Waals surface area contributed by atoms with Crippen LogP contribution >= 0.6 is 0 Å². The molecule has 0 saturated carbocycles. The van der Waals surface area contributed by atoms with Gasteiger partial charge < -0.3 is 10.2 Å². The zero-order valence-corrected chi connectivity index (χ0v) is 12.1. The molecule has 2 amide bonds. The quantitative estimate of drug-likeness (QED) is 0.863. The number of halogens is 3. The molecule has 0 radical (unpaired) electrons. The zero-order valence-electron chi connectivity index (χ0n) is 12.1. The van der Waals surface area contributed by atoms with E-state index in [0.717, 1.165) is 23.1 Å². The monoisotopic (exact) mass is 322 g/mol. The Morgan fingerprint density at radius 1 is 1.00 bits per heavy atom. The lowest BCUT2D eigenvalue weighted by Crippen LogP contribution is -2.37. The minimum absolute atomic E-state index is 0.0976. The summed E-state index contributed by atoms with van der Waals surface area (Å²) in [7, 11) is 1.41. The van der Waals surface area contributed by atoms with E-state index in [0.29, 0.717) is 5.69 Å². The maximum absolute atomic E-state index is 12.6. The third-order valence-electron chi connectivity index (χ3n) is 3.09. The summed E-state index contributed by atoms with van der Waals surface area (Å²) < 4.78 is 37.9. The number of hydrogen-bond acceptors (Lipinski definition) is 2. The molecule has 0 aliphatic carbocycles. The first-order valence-corrected chi connectivity index (χ1v) is 6.60. The molecule has 0 aliphatic heterocycles. The molecule has 0 spiro atoms. The molecule has 2 rings (SSSR count). The van der Waals surface area contributed by atoms with E-state index in [1.165, 1.54) is 13.1 Å². The van der Waals surface area contributed by atoms with Gasteiger partial charge in [0.2, 0.25) is 0 Å². The second-order valence-electron chi connectivity index (χ2n) is 4.73. The third-order valence-corrected chi connectivity index (χ3v) is 3.09. The van der Waals surface area contributed by atoms with E-state index in [1.54, 1.807) is 30.3 Å². The van der Waals surface area contributed by atoms with Crippen molar-refractivity contribution < 1.29 is 22.8 Å². The largest absolute Gasteiger partial charge is 0.416 e. The Kier molecular flexibility index (Phi) is 4.68. The van der Waals surface area contributed by atoms with Crippen molar-refractivity contribution in [3.63, 3.8) is 0 Å². The van der Waals surface area contributed by atoms with Gasteiger partial charge in [0.25, 0.3) is 0 Å². The number of alkyl halides is 3. The summed E-state index contributed by atoms with van der Waals surface area (Å²) >= 11 is 0. The summed E-state index contributed by atoms with van der Waals surface area (Å²) in [6, 6.07) is 12.5. The fraction of sp³-hybridized carbons (Fsp3) is 0.125. The van der Waals surface area contributed by atoms with Gasteiger partial charge in [-0.25, -0.2) is 0 Å². The van der Waals surface area contributed by atoms with Crippen LogP contribution in [-0.4, -0.2) is 18.9 Å². The van der Waals surface area contributed by atoms with Crippen LogP contribution in [0.1, 0.15) is 5.56 Å². The summed E-state index contributed by atoms with van der Waals surface area (Å²) in [6.45, 7) is 0. The SMILES string of the molecule is CN(C(=O)C(=O)Nc1cccc(C(F)(F)F)c1)c1ccccc1. The van der Waals surface area contributed by atoms with Crippen LogP contribution < -0.4 is 10.2 Å². The Balaban J connectivity index is 2.11. The van der Waals surface area contributed by atoms with Gasteiger partial charge in [0.05, 0.1) is 5.56 Å². The van der Waals surface area contributed by atoms with Gasteiger partial charge in [-0.15, -0.1) is 0 Å². The lowest BCUT2D eigenvalue weighted by atomic mass is 10.2. The predicted octanol–water partition coefficient (Wildman–Crippen LogP) is 3.31. The van der Waals surface area contributed by atoms with Gasteiger partial charge in [-0.2, -0.15) is 13.2 Å². The first-order valence-electron chi connectivity index (χ1n) is 6.60. The Bertz CT molecular complexity index is 715. The number of amides is 2. The number of rotatable bonds is 2. The normalized spacial score (nSPS) is 11.0. The minimum Gasteiger partial charge on any atom is -0.318 e. The molecule has 0 bridgehead atoms. The lowest BCUT2D eigenvalue weighted by molar-refractivity contribution is -0.137. The van der Waals surface area contributed by atoms with Crippen LogP contribution in [0.25, 0.3) is 0 Å². The van der Waals surface area contributed by atoms with Crippen LogP contribution in [0.3, 0.4) is 0 Å². The molecule has 120 valence electrons. The minimum atomic E-state index is -4.52. The molecule has 4 nitrogen and oxygen atoms in total. The molecule has 0 fully saturated rings. The molecule has 0 unspecified atom stereocenters. The number of likely N-dealkylation sites (N-methyl/N-ethyl adjacent to an activating group) is 1. The summed E-state index contributed by atoms with van der Waals surface area (Å²) in [5.74, 6) is -1.90. The predicted molar refractivity (Wildman–Crippen MR) is 79.9 cm³/mol. The fourth-order valence-electron chi connectivity index (χ4n) is 1.88. The summed E-state index contributed by atoms with van der Waals surface area (Å²) in [5.41, 5.74) is -0.504. The highest BCUT2D eigenvalue weighted by atomic mass is 19.4. The molecule has 0 atom stereocenters. The van der Waals surface area contributed by atoms with Gasteiger partial charge in [0, 0.05) is 18.4 Å². The van der Waals surface area contributed by atoms with Crippen molar-refractivity contribution in [2.75, 3.05) is 17.3 Å². The smallest absolute Gasteiger partial charge is 0.318 e. The first kappa shape index (κ1) is 16.5. The van der Waals surface area contributed by atoms with Gasteiger partial charge in [0.1, 0.15) is 0 Å². The van der Waals surface area contributed by atoms with E-state index in [1.807, 2.05) is 0 Å². The standard InChI is InChI=1S/C16H13F3N2O2/c1-21(13-8-3-2-4-9-13)15(23)14(22)20-12-7-5-6-11(10-12)16(17,18)19/h2-10H,1H3,(H,20,22). The van der Waals surface area contributed by atoms with Crippen LogP contribution in [0, 0.1) is 0 Å². The van der Waals surface area contributed by atoms with Crippen LogP contribution in [0.15, 0.2) is 54.6 Å². The molecule has 0 aliphatic rings. The molecular formula is C16H13F3N2O2. The number of nitrogens with zero attached hydrogens (tertiary/aromatic N) is 1. The van der Waals surface area contributed by atoms with Crippen molar-refractivity contribution in [1.29, 1.82) is 0 Å². The number of benzene rings is 2. The Morgan fingerprint density at radius 2 is 1.65 bits per heavy atom. The average Bonchev–Trinajstić information content (AvgIpc) is 2.53. The van der Waals surface area contributed by atoms with Crippen molar-refractivity contribution in [2.24, 2.45) is 0 Å². The average molecular weight is 322 g/mol. The van der Waals surface area contributed by atoms with Gasteiger partial charge in [-0.05, 0) is 30.3 Å². The van der Waals surface area contributed by atoms with E-state index in [2.05, 4.69) is 5.32 Å². The van der Waals surface area contributed by atoms with E-state index >= 15 is 0 Å². The molecule has 23 heavy (non-hydrogen) atoms. The molecule has 1 N–H and O–H groups in total. The van der Waals surface area contributed by atoms with Gasteiger partial charge in [0.15, 0.2) is 0 Å². The summed E-state index contributed by atoms with van der Waals surface area (Å²) in [5, 5.41) is 2.17. The third kappa shape index (κ3) is 4.09. The first-order chi connectivity index (χ1) is 10.8. The number of anilines is 2. The highest BCUT2D eigenvalue weighted by molar-refractivity contribution is 6.44. The number of nitrogens with one attached hydrogen (secondary N) is 1. The van der Waals surface area contributed by atoms with Crippen molar-refractivity contribution >= 4 is 23.2 Å². The van der Waals surface area contributed by atoms with E-state index in [-0.39, 0.29) is 5.69 Å². The van der Waals surface area contributed by atoms with Crippen LogP contribution in [0.5, 0.6) is 0 Å².